The number of aliphatic imine (C=N–C) groups is 1. The Bertz CT molecular complexity index is 301. The lowest BCUT2D eigenvalue weighted by molar-refractivity contribution is -0.0668. The van der Waals surface area contributed by atoms with Crippen molar-refractivity contribution in [2.45, 2.75) is 59.9 Å². The minimum absolute atomic E-state index is 0.183. The zero-order chi connectivity index (χ0) is 14.0. The summed E-state index contributed by atoms with van der Waals surface area (Å²) in [5, 5.41) is 3.54. The van der Waals surface area contributed by atoms with Crippen molar-refractivity contribution in [3.63, 3.8) is 0 Å². The molecule has 1 fully saturated rings. The van der Waals surface area contributed by atoms with Gasteiger partial charge in [-0.15, -0.1) is 0 Å². The van der Waals surface area contributed by atoms with E-state index in [1.165, 1.54) is 12.8 Å². The topological polar surface area (TPSA) is 27.6 Å². The summed E-state index contributed by atoms with van der Waals surface area (Å²) in [6, 6.07) is 0. The van der Waals surface area contributed by atoms with Crippen LogP contribution >= 0.6 is 0 Å². The number of nitrogens with one attached hydrogen (secondary N) is 1. The van der Waals surface area contributed by atoms with Crippen molar-refractivity contribution in [2.75, 3.05) is 20.1 Å². The summed E-state index contributed by atoms with van der Waals surface area (Å²) in [5.41, 5.74) is 0.544. The van der Waals surface area contributed by atoms with Crippen LogP contribution in [0.5, 0.6) is 0 Å². The van der Waals surface area contributed by atoms with Crippen molar-refractivity contribution in [3.05, 3.63) is 0 Å². The second-order valence-corrected chi connectivity index (χ2v) is 6.64. The molecule has 0 amide bonds. The predicted octanol–water partition coefficient (Wildman–Crippen LogP) is 3.12. The Morgan fingerprint density at radius 2 is 1.78 bits per heavy atom. The van der Waals surface area contributed by atoms with Crippen molar-refractivity contribution in [2.24, 2.45) is 16.3 Å². The monoisotopic (exact) mass is 253 g/mol. The smallest absolute Gasteiger partial charge is 0.194 e. The highest BCUT2D eigenvalue weighted by atomic mass is 15.4. The van der Waals surface area contributed by atoms with Crippen molar-refractivity contribution >= 4 is 5.96 Å². The molecule has 1 saturated heterocycles. The quantitative estimate of drug-likeness (QED) is 0.616. The Labute approximate surface area is 113 Å². The highest BCUT2D eigenvalue weighted by molar-refractivity contribution is 5.82. The second kappa shape index (κ2) is 5.50. The molecule has 0 atom stereocenters. The fourth-order valence-corrected chi connectivity index (χ4v) is 2.51. The van der Waals surface area contributed by atoms with E-state index in [1.54, 1.807) is 0 Å². The first-order valence-corrected chi connectivity index (χ1v) is 7.28. The molecule has 3 nitrogen and oxygen atoms in total. The normalized spacial score (nSPS) is 22.0. The number of hydrogen-bond acceptors (Lipinski definition) is 1. The van der Waals surface area contributed by atoms with E-state index < -0.39 is 0 Å². The average molecular weight is 253 g/mol. The Hall–Kier alpha value is -0.730. The Balaban J connectivity index is 2.60. The van der Waals surface area contributed by atoms with Gasteiger partial charge in [0.05, 0.1) is 0 Å². The van der Waals surface area contributed by atoms with Crippen LogP contribution in [0.3, 0.4) is 0 Å². The van der Waals surface area contributed by atoms with Crippen LogP contribution in [-0.4, -0.2) is 36.5 Å². The Kier molecular flexibility index (Phi) is 4.68. The lowest BCUT2D eigenvalue weighted by Gasteiger charge is -2.62. The summed E-state index contributed by atoms with van der Waals surface area (Å²) in [6.07, 6.45) is 2.46. The molecule has 3 heteroatoms. The van der Waals surface area contributed by atoms with E-state index in [4.69, 9.17) is 0 Å². The minimum Gasteiger partial charge on any atom is -0.356 e. The summed E-state index contributed by atoms with van der Waals surface area (Å²) < 4.78 is 0. The number of rotatable bonds is 4. The standard InChI is InChI=1S/C15H31N3/c1-8-12(9-2)10-17-13(16-7)18-11-14(3,4)15(18,5)6/h12H,8-11H2,1-7H3,(H,16,17). The molecule has 0 unspecified atom stereocenters. The van der Waals surface area contributed by atoms with Gasteiger partial charge in [0.2, 0.25) is 0 Å². The predicted molar refractivity (Wildman–Crippen MR) is 80.0 cm³/mol. The molecule has 1 rings (SSSR count). The summed E-state index contributed by atoms with van der Waals surface area (Å²) in [6.45, 7) is 15.9. The van der Waals surface area contributed by atoms with Gasteiger partial charge >= 0.3 is 0 Å². The van der Waals surface area contributed by atoms with Gasteiger partial charge in [-0.2, -0.15) is 0 Å². The van der Waals surface area contributed by atoms with Crippen molar-refractivity contribution in [1.29, 1.82) is 0 Å². The molecule has 0 bridgehead atoms. The second-order valence-electron chi connectivity index (χ2n) is 6.64. The molecular formula is C15H31N3. The molecule has 0 saturated carbocycles. The van der Waals surface area contributed by atoms with E-state index in [2.05, 4.69) is 56.8 Å². The molecule has 0 aromatic carbocycles. The molecule has 0 spiro atoms. The molecule has 1 N–H and O–H groups in total. The maximum absolute atomic E-state index is 4.44. The molecule has 18 heavy (non-hydrogen) atoms. The van der Waals surface area contributed by atoms with Gasteiger partial charge in [-0.1, -0.05) is 40.5 Å². The summed E-state index contributed by atoms with van der Waals surface area (Å²) in [5.74, 6) is 1.81. The first-order valence-electron chi connectivity index (χ1n) is 7.28. The molecule has 106 valence electrons. The van der Waals surface area contributed by atoms with Crippen LogP contribution in [-0.2, 0) is 0 Å². The van der Waals surface area contributed by atoms with E-state index in [-0.39, 0.29) is 5.54 Å². The fourth-order valence-electron chi connectivity index (χ4n) is 2.51. The van der Waals surface area contributed by atoms with E-state index in [9.17, 15) is 0 Å². The van der Waals surface area contributed by atoms with Crippen LogP contribution in [0.4, 0.5) is 0 Å². The first-order chi connectivity index (χ1) is 8.30. The van der Waals surface area contributed by atoms with Crippen LogP contribution in [0.2, 0.25) is 0 Å². The number of hydrogen-bond donors (Lipinski definition) is 1. The van der Waals surface area contributed by atoms with Crippen molar-refractivity contribution in [3.8, 4) is 0 Å². The highest BCUT2D eigenvalue weighted by Crippen LogP contribution is 2.46. The maximum atomic E-state index is 4.44. The van der Waals surface area contributed by atoms with Crippen LogP contribution in [0.1, 0.15) is 54.4 Å². The first kappa shape index (κ1) is 15.3. The molecule has 1 aliphatic rings. The maximum Gasteiger partial charge on any atom is 0.194 e. The zero-order valence-corrected chi connectivity index (χ0v) is 13.3. The average Bonchev–Trinajstić information content (AvgIpc) is 2.33. The van der Waals surface area contributed by atoms with E-state index in [0.29, 0.717) is 5.41 Å². The van der Waals surface area contributed by atoms with Crippen LogP contribution < -0.4 is 5.32 Å². The van der Waals surface area contributed by atoms with Gasteiger partial charge < -0.3 is 10.2 Å². The lowest BCUT2D eigenvalue weighted by atomic mass is 9.65. The molecule has 1 heterocycles. The van der Waals surface area contributed by atoms with Crippen LogP contribution in [0.15, 0.2) is 4.99 Å². The lowest BCUT2D eigenvalue weighted by Crippen LogP contribution is -2.72. The Morgan fingerprint density at radius 1 is 1.22 bits per heavy atom. The SMILES string of the molecule is CCC(CC)CNC(=NC)N1CC(C)(C)C1(C)C. The van der Waals surface area contributed by atoms with Gasteiger partial charge in [-0.3, -0.25) is 4.99 Å². The minimum atomic E-state index is 0.183. The largest absolute Gasteiger partial charge is 0.356 e. The summed E-state index contributed by atoms with van der Waals surface area (Å²) in [7, 11) is 1.89. The van der Waals surface area contributed by atoms with Crippen LogP contribution in [0.25, 0.3) is 0 Å². The third-order valence-electron chi connectivity index (χ3n) is 5.06. The van der Waals surface area contributed by atoms with Gasteiger partial charge in [-0.05, 0) is 19.8 Å². The zero-order valence-electron chi connectivity index (χ0n) is 13.3. The van der Waals surface area contributed by atoms with Crippen molar-refractivity contribution < 1.29 is 0 Å². The van der Waals surface area contributed by atoms with Gasteiger partial charge in [0.15, 0.2) is 5.96 Å². The molecule has 0 aromatic heterocycles. The third-order valence-corrected chi connectivity index (χ3v) is 5.06. The van der Waals surface area contributed by atoms with E-state index in [1.807, 2.05) is 7.05 Å². The molecule has 0 aromatic rings. The molecule has 0 aliphatic carbocycles. The number of likely N-dealkylation sites (tertiary alicyclic amines) is 1. The number of guanidine groups is 1. The van der Waals surface area contributed by atoms with Crippen molar-refractivity contribution in [1.82, 2.24) is 10.2 Å². The van der Waals surface area contributed by atoms with Gasteiger partial charge in [0, 0.05) is 31.1 Å². The van der Waals surface area contributed by atoms with Gasteiger partial charge in [-0.25, -0.2) is 0 Å². The van der Waals surface area contributed by atoms with Gasteiger partial charge in [0.1, 0.15) is 0 Å². The molecular weight excluding hydrogens is 222 g/mol. The van der Waals surface area contributed by atoms with E-state index in [0.717, 1.165) is 25.0 Å². The summed E-state index contributed by atoms with van der Waals surface area (Å²) >= 11 is 0. The van der Waals surface area contributed by atoms with Crippen LogP contribution in [0, 0.1) is 11.3 Å². The highest BCUT2D eigenvalue weighted by Gasteiger charge is 2.53. The number of nitrogens with zero attached hydrogens (tertiary/aromatic N) is 2. The molecule has 1 aliphatic heterocycles. The van der Waals surface area contributed by atoms with Gasteiger partial charge in [0.25, 0.3) is 0 Å². The third kappa shape index (κ3) is 2.65. The van der Waals surface area contributed by atoms with E-state index >= 15 is 0 Å². The molecule has 0 radical (unpaired) electrons. The Morgan fingerprint density at radius 3 is 2.11 bits per heavy atom. The summed E-state index contributed by atoms with van der Waals surface area (Å²) in [4.78, 5) is 6.84. The fraction of sp³-hybridized carbons (Fsp3) is 0.933.